The number of nitrogens with one attached hydrogen (secondary N) is 2. The topological polar surface area (TPSA) is 58.4 Å². The molecule has 3 aromatic rings. The number of hydrazone groups is 1. The predicted octanol–water partition coefficient (Wildman–Crippen LogP) is 4.30. The second-order valence-corrected chi connectivity index (χ2v) is 5.79. The number of hydrogen-bond donors (Lipinski definition) is 2. The highest BCUT2D eigenvalue weighted by Gasteiger charge is 2.09. The lowest BCUT2D eigenvalue weighted by molar-refractivity contribution is 0.252. The number of rotatable bonds is 3. The molecule has 2 N–H and O–H groups in total. The maximum Gasteiger partial charge on any atom is 0.339 e. The molecule has 1 heterocycles. The van der Waals surface area contributed by atoms with E-state index in [1.54, 1.807) is 30.5 Å². The van der Waals surface area contributed by atoms with Crippen molar-refractivity contribution < 1.29 is 4.79 Å². The third kappa shape index (κ3) is 3.12. The first-order valence-corrected chi connectivity index (χ1v) is 7.84. The minimum atomic E-state index is -0.447. The number of aromatic nitrogens is 1. The number of urea groups is 1. The summed E-state index contributed by atoms with van der Waals surface area (Å²) in [7, 11) is 2.01. The van der Waals surface area contributed by atoms with Crippen LogP contribution in [0.3, 0.4) is 0 Å². The highest BCUT2D eigenvalue weighted by molar-refractivity contribution is 6.33. The van der Waals surface area contributed by atoms with E-state index >= 15 is 0 Å². The molecule has 6 heteroatoms. The Morgan fingerprint density at radius 1 is 1.17 bits per heavy atom. The summed E-state index contributed by atoms with van der Waals surface area (Å²) in [4.78, 5) is 11.9. The molecule has 0 radical (unpaired) electrons. The smallest absolute Gasteiger partial charge is 0.339 e. The van der Waals surface area contributed by atoms with Crippen LogP contribution in [0.25, 0.3) is 10.9 Å². The second-order valence-electron chi connectivity index (χ2n) is 5.38. The molecule has 3 rings (SSSR count). The van der Waals surface area contributed by atoms with E-state index in [4.69, 9.17) is 11.6 Å². The van der Waals surface area contributed by atoms with Crippen molar-refractivity contribution in [1.29, 1.82) is 0 Å². The number of carbonyl (C=O) groups is 1. The van der Waals surface area contributed by atoms with Gasteiger partial charge in [0.1, 0.15) is 0 Å². The molecular weight excluding hydrogens is 324 g/mol. The monoisotopic (exact) mass is 340 g/mol. The number of carbonyl (C=O) groups excluding carboxylic acids is 1. The van der Waals surface area contributed by atoms with Crippen molar-refractivity contribution in [2.75, 3.05) is 5.32 Å². The van der Waals surface area contributed by atoms with E-state index < -0.39 is 6.03 Å². The molecule has 0 saturated carbocycles. The minimum absolute atomic E-state index is 0.447. The summed E-state index contributed by atoms with van der Waals surface area (Å²) >= 11 is 6.00. The van der Waals surface area contributed by atoms with Crippen LogP contribution in [0.1, 0.15) is 11.3 Å². The number of nitrogens with zero attached hydrogens (tertiary/aromatic N) is 2. The van der Waals surface area contributed by atoms with Gasteiger partial charge in [0.05, 0.1) is 16.9 Å². The number of para-hydroxylation sites is 2. The fourth-order valence-corrected chi connectivity index (χ4v) is 2.76. The van der Waals surface area contributed by atoms with E-state index in [1.807, 2.05) is 32.2 Å². The van der Waals surface area contributed by atoms with Gasteiger partial charge in [0.15, 0.2) is 0 Å². The molecule has 0 atom stereocenters. The van der Waals surface area contributed by atoms with Gasteiger partial charge in [-0.1, -0.05) is 41.9 Å². The van der Waals surface area contributed by atoms with E-state index in [0.717, 1.165) is 22.2 Å². The normalized spacial score (nSPS) is 11.1. The summed E-state index contributed by atoms with van der Waals surface area (Å²) < 4.78 is 2.10. The summed E-state index contributed by atoms with van der Waals surface area (Å²) in [6.45, 7) is 2.02. The van der Waals surface area contributed by atoms with Gasteiger partial charge in [0.2, 0.25) is 0 Å². The molecule has 2 amide bonds. The molecule has 0 aliphatic carbocycles. The predicted molar refractivity (Wildman–Crippen MR) is 98.9 cm³/mol. The fourth-order valence-electron chi connectivity index (χ4n) is 2.58. The number of fused-ring (bicyclic) bond motifs is 1. The van der Waals surface area contributed by atoms with Crippen molar-refractivity contribution in [3.8, 4) is 0 Å². The molecule has 0 bridgehead atoms. The summed E-state index contributed by atoms with van der Waals surface area (Å²) in [5.74, 6) is 0. The zero-order valence-electron chi connectivity index (χ0n) is 13.4. The lowest BCUT2D eigenvalue weighted by atomic mass is 10.1. The Kier molecular flexibility index (Phi) is 4.53. The number of benzene rings is 2. The van der Waals surface area contributed by atoms with Gasteiger partial charge in [0.25, 0.3) is 0 Å². The highest BCUT2D eigenvalue weighted by atomic mass is 35.5. The first kappa shape index (κ1) is 16.1. The lowest BCUT2D eigenvalue weighted by Gasteiger charge is -2.05. The van der Waals surface area contributed by atoms with Gasteiger partial charge in [-0.3, -0.25) is 0 Å². The van der Waals surface area contributed by atoms with Crippen molar-refractivity contribution in [3.63, 3.8) is 0 Å². The summed E-state index contributed by atoms with van der Waals surface area (Å²) in [5, 5.41) is 8.27. The molecule has 24 heavy (non-hydrogen) atoms. The second kappa shape index (κ2) is 6.76. The maximum atomic E-state index is 11.9. The number of amides is 2. The molecule has 0 aliphatic heterocycles. The molecule has 5 nitrogen and oxygen atoms in total. The van der Waals surface area contributed by atoms with Gasteiger partial charge in [-0.2, -0.15) is 5.10 Å². The Bertz CT molecular complexity index is 930. The van der Waals surface area contributed by atoms with Gasteiger partial charge in [0, 0.05) is 29.2 Å². The lowest BCUT2D eigenvalue weighted by Crippen LogP contribution is -2.24. The molecule has 0 saturated heterocycles. The number of halogens is 1. The number of hydrogen-bond acceptors (Lipinski definition) is 2. The Hall–Kier alpha value is -2.79. The third-order valence-corrected chi connectivity index (χ3v) is 4.26. The highest BCUT2D eigenvalue weighted by Crippen LogP contribution is 2.23. The molecule has 122 valence electrons. The van der Waals surface area contributed by atoms with Crippen LogP contribution in [0.4, 0.5) is 10.5 Å². The van der Waals surface area contributed by atoms with Crippen LogP contribution >= 0.6 is 11.6 Å². The van der Waals surface area contributed by atoms with E-state index in [2.05, 4.69) is 26.5 Å². The molecule has 0 aliphatic rings. The Morgan fingerprint density at radius 2 is 1.88 bits per heavy atom. The van der Waals surface area contributed by atoms with Crippen LogP contribution < -0.4 is 10.7 Å². The van der Waals surface area contributed by atoms with Crippen LogP contribution in [-0.4, -0.2) is 16.8 Å². The Labute approximate surface area is 144 Å². The SMILES string of the molecule is Cc1c(/C=N\NC(=O)Nc2ccccc2Cl)c2ccccc2n1C. The first-order valence-electron chi connectivity index (χ1n) is 7.46. The van der Waals surface area contributed by atoms with Crippen molar-refractivity contribution in [1.82, 2.24) is 9.99 Å². The van der Waals surface area contributed by atoms with Crippen LogP contribution in [0.5, 0.6) is 0 Å². The average molecular weight is 341 g/mol. The molecule has 0 spiro atoms. The number of aryl methyl sites for hydroxylation is 1. The molecule has 1 aromatic heterocycles. The third-order valence-electron chi connectivity index (χ3n) is 3.93. The standard InChI is InChI=1S/C18H17ClN4O/c1-12-14(13-7-3-6-10-17(13)23(12)2)11-20-22-18(24)21-16-9-5-4-8-15(16)19/h3-11H,1-2H3,(H2,21,22,24)/b20-11-. The van der Waals surface area contributed by atoms with E-state index in [0.29, 0.717) is 10.7 Å². The molecule has 0 unspecified atom stereocenters. The van der Waals surface area contributed by atoms with Crippen molar-refractivity contribution in [3.05, 3.63) is 64.8 Å². The van der Waals surface area contributed by atoms with E-state index in [1.165, 1.54) is 0 Å². The van der Waals surface area contributed by atoms with Crippen molar-refractivity contribution >= 4 is 40.4 Å². The summed E-state index contributed by atoms with van der Waals surface area (Å²) in [6, 6.07) is 14.6. The van der Waals surface area contributed by atoms with Gasteiger partial charge in [-0.15, -0.1) is 0 Å². The van der Waals surface area contributed by atoms with Gasteiger partial charge in [-0.25, -0.2) is 10.2 Å². The van der Waals surface area contributed by atoms with E-state index in [9.17, 15) is 4.79 Å². The van der Waals surface area contributed by atoms with Crippen LogP contribution in [0.15, 0.2) is 53.6 Å². The van der Waals surface area contributed by atoms with Crippen molar-refractivity contribution in [2.45, 2.75) is 6.92 Å². The number of anilines is 1. The first-order chi connectivity index (χ1) is 11.6. The van der Waals surface area contributed by atoms with Crippen LogP contribution in [-0.2, 0) is 7.05 Å². The zero-order valence-corrected chi connectivity index (χ0v) is 14.1. The van der Waals surface area contributed by atoms with Crippen LogP contribution in [0, 0.1) is 6.92 Å². The van der Waals surface area contributed by atoms with Gasteiger partial charge in [-0.05, 0) is 25.1 Å². The maximum absolute atomic E-state index is 11.9. The molecule has 0 fully saturated rings. The largest absolute Gasteiger partial charge is 0.347 e. The Balaban J connectivity index is 1.74. The van der Waals surface area contributed by atoms with Gasteiger partial charge >= 0.3 is 6.03 Å². The average Bonchev–Trinajstić information content (AvgIpc) is 2.82. The molecule has 2 aromatic carbocycles. The van der Waals surface area contributed by atoms with Crippen LogP contribution in [0.2, 0.25) is 5.02 Å². The van der Waals surface area contributed by atoms with E-state index in [-0.39, 0.29) is 0 Å². The Morgan fingerprint density at radius 3 is 2.67 bits per heavy atom. The quantitative estimate of drug-likeness (QED) is 0.542. The molecular formula is C18H17ClN4O. The zero-order chi connectivity index (χ0) is 17.1. The van der Waals surface area contributed by atoms with Gasteiger partial charge < -0.3 is 9.88 Å². The summed E-state index contributed by atoms with van der Waals surface area (Å²) in [5.41, 5.74) is 6.17. The fraction of sp³-hybridized carbons (Fsp3) is 0.111. The van der Waals surface area contributed by atoms with Crippen molar-refractivity contribution in [2.24, 2.45) is 12.1 Å². The minimum Gasteiger partial charge on any atom is -0.347 e. The summed E-state index contributed by atoms with van der Waals surface area (Å²) in [6.07, 6.45) is 1.66.